The molecule has 27 heavy (non-hydrogen) atoms. The molecule has 7 nitrogen and oxygen atoms in total. The highest BCUT2D eigenvalue weighted by Gasteiger charge is 2.14. The van der Waals surface area contributed by atoms with Gasteiger partial charge in [-0.3, -0.25) is 0 Å². The molecule has 0 aliphatic carbocycles. The fourth-order valence-electron chi connectivity index (χ4n) is 2.56. The summed E-state index contributed by atoms with van der Waals surface area (Å²) in [4.78, 5) is 0. The van der Waals surface area contributed by atoms with Crippen LogP contribution in [0.3, 0.4) is 0 Å². The van der Waals surface area contributed by atoms with E-state index in [9.17, 15) is 0 Å². The fraction of sp³-hybridized carbons (Fsp3) is 0.278. The van der Waals surface area contributed by atoms with E-state index in [0.717, 1.165) is 11.1 Å². The van der Waals surface area contributed by atoms with Gasteiger partial charge in [0.2, 0.25) is 5.95 Å². The maximum absolute atomic E-state index is 6.24. The average Bonchev–Trinajstić information content (AvgIpc) is 3.13. The lowest BCUT2D eigenvalue weighted by molar-refractivity contribution is 0.282. The number of aryl methyl sites for hydroxylation is 1. The number of nitrogens with zero attached hydrogens (tertiary/aromatic N) is 4. The number of nitrogens with one attached hydrogen (secondary N) is 1. The zero-order valence-electron chi connectivity index (χ0n) is 14.9. The molecule has 0 aliphatic rings. The molecule has 1 N–H and O–H groups in total. The van der Waals surface area contributed by atoms with Gasteiger partial charge in [-0.2, -0.15) is 0 Å². The van der Waals surface area contributed by atoms with Crippen molar-refractivity contribution in [2.75, 3.05) is 12.4 Å². The van der Waals surface area contributed by atoms with Crippen molar-refractivity contribution in [2.45, 2.75) is 26.6 Å². The number of halogens is 2. The Balaban J connectivity index is 1.81. The topological polar surface area (TPSA) is 74.1 Å². The minimum absolute atomic E-state index is 0.221. The molecule has 1 heterocycles. The van der Waals surface area contributed by atoms with Crippen molar-refractivity contribution in [1.82, 2.24) is 20.2 Å². The molecule has 0 unspecified atom stereocenters. The molecular formula is C18H19Cl2N5O2. The Kier molecular flexibility index (Phi) is 6.36. The van der Waals surface area contributed by atoms with Crippen molar-refractivity contribution in [3.63, 3.8) is 0 Å². The van der Waals surface area contributed by atoms with Gasteiger partial charge in [0.05, 0.1) is 7.11 Å². The molecule has 0 aliphatic heterocycles. The fourth-order valence-corrected chi connectivity index (χ4v) is 3.06. The molecule has 0 fully saturated rings. The van der Waals surface area contributed by atoms with Crippen LogP contribution >= 0.6 is 23.2 Å². The Labute approximate surface area is 167 Å². The van der Waals surface area contributed by atoms with Gasteiger partial charge in [0.1, 0.15) is 6.61 Å². The average molecular weight is 408 g/mol. The first-order valence-corrected chi connectivity index (χ1v) is 9.11. The molecule has 9 heteroatoms. The smallest absolute Gasteiger partial charge is 0.243 e. The highest BCUT2D eigenvalue weighted by Crippen LogP contribution is 2.34. The van der Waals surface area contributed by atoms with Crippen molar-refractivity contribution in [3.8, 4) is 11.5 Å². The van der Waals surface area contributed by atoms with E-state index in [1.165, 1.54) is 0 Å². The van der Waals surface area contributed by atoms with Crippen LogP contribution < -0.4 is 14.8 Å². The van der Waals surface area contributed by atoms with Crippen LogP contribution in [0.4, 0.5) is 5.95 Å². The first kappa shape index (κ1) is 19.3. The van der Waals surface area contributed by atoms with Crippen LogP contribution in [0.15, 0.2) is 36.4 Å². The van der Waals surface area contributed by atoms with Crippen LogP contribution in [0.2, 0.25) is 10.0 Å². The summed E-state index contributed by atoms with van der Waals surface area (Å²) in [6.07, 6.45) is 0. The number of ether oxygens (including phenoxy) is 2. The Morgan fingerprint density at radius 3 is 2.56 bits per heavy atom. The standard InChI is InChI=1S/C18H19Cl2N5O2/c1-3-25-18(22-23-24-25)21-10-12-6-4-9-16(26-2)17(12)27-11-13-14(19)7-5-8-15(13)20/h4-9H,3,10-11H2,1-2H3,(H,21,22,24). The van der Waals surface area contributed by atoms with Gasteiger partial charge < -0.3 is 14.8 Å². The van der Waals surface area contributed by atoms with E-state index in [1.807, 2.05) is 25.1 Å². The van der Waals surface area contributed by atoms with Gasteiger partial charge in [-0.1, -0.05) is 46.5 Å². The maximum Gasteiger partial charge on any atom is 0.243 e. The van der Waals surface area contributed by atoms with Crippen LogP contribution in [0, 0.1) is 0 Å². The Morgan fingerprint density at radius 1 is 1.11 bits per heavy atom. The molecule has 142 valence electrons. The van der Waals surface area contributed by atoms with Crippen molar-refractivity contribution in [2.24, 2.45) is 0 Å². The second kappa shape index (κ2) is 8.92. The van der Waals surface area contributed by atoms with Crippen LogP contribution in [-0.2, 0) is 19.7 Å². The number of para-hydroxylation sites is 1. The Morgan fingerprint density at radius 2 is 1.85 bits per heavy atom. The number of anilines is 1. The molecule has 0 spiro atoms. The predicted molar refractivity (Wildman–Crippen MR) is 105 cm³/mol. The molecule has 1 aromatic heterocycles. The zero-order chi connectivity index (χ0) is 19.2. The lowest BCUT2D eigenvalue weighted by atomic mass is 10.1. The van der Waals surface area contributed by atoms with Crippen LogP contribution in [0.5, 0.6) is 11.5 Å². The number of hydrogen-bond acceptors (Lipinski definition) is 6. The number of aromatic nitrogens is 4. The highest BCUT2D eigenvalue weighted by molar-refractivity contribution is 6.35. The predicted octanol–water partition coefficient (Wildman–Crippen LogP) is 4.20. The van der Waals surface area contributed by atoms with E-state index < -0.39 is 0 Å². The molecule has 3 aromatic rings. The van der Waals surface area contributed by atoms with Crippen LogP contribution in [0.1, 0.15) is 18.1 Å². The molecule has 0 saturated heterocycles. The molecule has 0 bridgehead atoms. The zero-order valence-corrected chi connectivity index (χ0v) is 16.5. The normalized spacial score (nSPS) is 10.7. The molecule has 0 saturated carbocycles. The van der Waals surface area contributed by atoms with Gasteiger partial charge >= 0.3 is 0 Å². The molecule has 3 rings (SSSR count). The number of methoxy groups -OCH3 is 1. The monoisotopic (exact) mass is 407 g/mol. The summed E-state index contributed by atoms with van der Waals surface area (Å²) in [5.41, 5.74) is 1.61. The molecule has 0 atom stereocenters. The second-order valence-electron chi connectivity index (χ2n) is 5.61. The van der Waals surface area contributed by atoms with Gasteiger partial charge in [-0.25, -0.2) is 4.68 Å². The molecule has 2 aromatic carbocycles. The Bertz CT molecular complexity index is 896. The lowest BCUT2D eigenvalue weighted by Crippen LogP contribution is -2.09. The van der Waals surface area contributed by atoms with E-state index in [4.69, 9.17) is 32.7 Å². The number of hydrogen-bond donors (Lipinski definition) is 1. The van der Waals surface area contributed by atoms with Gasteiger partial charge in [-0.15, -0.1) is 0 Å². The lowest BCUT2D eigenvalue weighted by Gasteiger charge is -2.16. The summed E-state index contributed by atoms with van der Waals surface area (Å²) in [5.74, 6) is 1.81. The summed E-state index contributed by atoms with van der Waals surface area (Å²) in [6, 6.07) is 11.0. The largest absolute Gasteiger partial charge is 0.493 e. The summed E-state index contributed by atoms with van der Waals surface area (Å²) in [6.45, 7) is 3.32. The summed E-state index contributed by atoms with van der Waals surface area (Å²) in [5, 5.41) is 15.9. The Hall–Kier alpha value is -2.51. The molecular weight excluding hydrogens is 389 g/mol. The third-order valence-electron chi connectivity index (χ3n) is 3.97. The van der Waals surface area contributed by atoms with Gasteiger partial charge in [0, 0.05) is 34.3 Å². The minimum Gasteiger partial charge on any atom is -0.493 e. The van der Waals surface area contributed by atoms with Gasteiger partial charge in [0.25, 0.3) is 0 Å². The van der Waals surface area contributed by atoms with E-state index >= 15 is 0 Å². The van der Waals surface area contributed by atoms with Crippen molar-refractivity contribution < 1.29 is 9.47 Å². The molecule has 0 amide bonds. The summed E-state index contributed by atoms with van der Waals surface area (Å²) in [7, 11) is 1.60. The third kappa shape index (κ3) is 4.43. The van der Waals surface area contributed by atoms with Crippen molar-refractivity contribution >= 4 is 29.2 Å². The second-order valence-corrected chi connectivity index (χ2v) is 6.42. The van der Waals surface area contributed by atoms with Crippen molar-refractivity contribution in [3.05, 3.63) is 57.6 Å². The van der Waals surface area contributed by atoms with E-state index in [0.29, 0.717) is 40.6 Å². The first-order valence-electron chi connectivity index (χ1n) is 8.35. The van der Waals surface area contributed by atoms with E-state index in [1.54, 1.807) is 30.0 Å². The highest BCUT2D eigenvalue weighted by atomic mass is 35.5. The summed E-state index contributed by atoms with van der Waals surface area (Å²) < 4.78 is 13.2. The summed E-state index contributed by atoms with van der Waals surface area (Å²) >= 11 is 12.5. The van der Waals surface area contributed by atoms with Crippen LogP contribution in [0.25, 0.3) is 0 Å². The number of benzene rings is 2. The van der Waals surface area contributed by atoms with Crippen LogP contribution in [-0.4, -0.2) is 27.3 Å². The third-order valence-corrected chi connectivity index (χ3v) is 4.68. The quantitative estimate of drug-likeness (QED) is 0.602. The van der Waals surface area contributed by atoms with Crippen molar-refractivity contribution in [1.29, 1.82) is 0 Å². The minimum atomic E-state index is 0.221. The SMILES string of the molecule is CCn1nnnc1NCc1cccc(OC)c1OCc1c(Cl)cccc1Cl. The first-order chi connectivity index (χ1) is 13.1. The number of tetrazole rings is 1. The number of rotatable bonds is 8. The van der Waals surface area contributed by atoms with Gasteiger partial charge in [0.15, 0.2) is 11.5 Å². The van der Waals surface area contributed by atoms with E-state index in [-0.39, 0.29) is 6.61 Å². The van der Waals surface area contributed by atoms with E-state index in [2.05, 4.69) is 20.8 Å². The van der Waals surface area contributed by atoms with Gasteiger partial charge in [-0.05, 0) is 35.5 Å². The molecule has 0 radical (unpaired) electrons. The maximum atomic E-state index is 6.24.